The number of aromatic amines is 1. The van der Waals surface area contributed by atoms with Crippen molar-refractivity contribution in [2.75, 3.05) is 13.6 Å². The predicted molar refractivity (Wildman–Crippen MR) is 65.7 cm³/mol. The van der Waals surface area contributed by atoms with E-state index in [1.807, 2.05) is 20.0 Å². The molecule has 0 amide bonds. The van der Waals surface area contributed by atoms with Gasteiger partial charge in [-0.05, 0) is 13.0 Å². The minimum Gasteiger partial charge on any atom is -0.348 e. The molecule has 1 rings (SSSR count). The Morgan fingerprint density at radius 1 is 1.47 bits per heavy atom. The monoisotopic (exact) mass is 211 g/mol. The van der Waals surface area contributed by atoms with E-state index in [1.165, 1.54) is 6.42 Å². The third-order valence-corrected chi connectivity index (χ3v) is 2.29. The summed E-state index contributed by atoms with van der Waals surface area (Å²) in [4.78, 5) is 9.60. The Bertz CT molecular complexity index is 219. The Hall–Kier alpha value is -0.830. The van der Waals surface area contributed by atoms with Crippen LogP contribution in [-0.4, -0.2) is 28.5 Å². The SMILES string of the molecule is CC.CCC(C)CN(C)Cc1ncc[nH]1. The maximum Gasteiger partial charge on any atom is 0.120 e. The quantitative estimate of drug-likeness (QED) is 0.812. The molecule has 0 saturated carbocycles. The minimum absolute atomic E-state index is 0.764. The normalized spacial score (nSPS) is 12.1. The van der Waals surface area contributed by atoms with E-state index in [2.05, 4.69) is 35.8 Å². The number of rotatable bonds is 5. The van der Waals surface area contributed by atoms with Crippen LogP contribution >= 0.6 is 0 Å². The van der Waals surface area contributed by atoms with E-state index in [-0.39, 0.29) is 0 Å². The van der Waals surface area contributed by atoms with Gasteiger partial charge in [-0.1, -0.05) is 34.1 Å². The van der Waals surface area contributed by atoms with Crippen molar-refractivity contribution in [2.45, 2.75) is 40.7 Å². The molecule has 1 heterocycles. The molecule has 0 saturated heterocycles. The number of imidazole rings is 1. The molecule has 1 N–H and O–H groups in total. The summed E-state index contributed by atoms with van der Waals surface area (Å²) in [6.45, 7) is 10.6. The first-order chi connectivity index (χ1) is 7.22. The first-order valence-electron chi connectivity index (χ1n) is 5.89. The summed E-state index contributed by atoms with van der Waals surface area (Å²) < 4.78 is 0. The van der Waals surface area contributed by atoms with Crippen molar-refractivity contribution in [3.8, 4) is 0 Å². The third-order valence-electron chi connectivity index (χ3n) is 2.29. The summed E-state index contributed by atoms with van der Waals surface area (Å²) in [7, 11) is 2.13. The van der Waals surface area contributed by atoms with Gasteiger partial charge in [-0.2, -0.15) is 0 Å². The Kier molecular flexibility index (Phi) is 8.01. The van der Waals surface area contributed by atoms with Crippen LogP contribution in [-0.2, 0) is 6.54 Å². The zero-order valence-corrected chi connectivity index (χ0v) is 10.7. The molecule has 0 fully saturated rings. The van der Waals surface area contributed by atoms with Gasteiger partial charge in [-0.15, -0.1) is 0 Å². The lowest BCUT2D eigenvalue weighted by atomic mass is 10.1. The smallest absolute Gasteiger partial charge is 0.120 e. The summed E-state index contributed by atoms with van der Waals surface area (Å²) in [5.41, 5.74) is 0. The van der Waals surface area contributed by atoms with E-state index in [1.54, 1.807) is 6.20 Å². The molecule has 15 heavy (non-hydrogen) atoms. The van der Waals surface area contributed by atoms with Crippen molar-refractivity contribution in [1.29, 1.82) is 0 Å². The molecule has 0 spiro atoms. The predicted octanol–water partition coefficient (Wildman–Crippen LogP) is 2.91. The number of hydrogen-bond acceptors (Lipinski definition) is 2. The molecule has 1 aromatic rings. The second-order valence-corrected chi connectivity index (χ2v) is 3.75. The summed E-state index contributed by atoms with van der Waals surface area (Å²) in [6.07, 6.45) is 4.90. The van der Waals surface area contributed by atoms with Crippen molar-refractivity contribution in [2.24, 2.45) is 5.92 Å². The molecule has 3 nitrogen and oxygen atoms in total. The lowest BCUT2D eigenvalue weighted by Crippen LogP contribution is -2.24. The van der Waals surface area contributed by atoms with Crippen molar-refractivity contribution in [3.05, 3.63) is 18.2 Å². The van der Waals surface area contributed by atoms with Gasteiger partial charge in [0.1, 0.15) is 5.82 Å². The fourth-order valence-corrected chi connectivity index (χ4v) is 1.37. The van der Waals surface area contributed by atoms with Crippen LogP contribution in [0.4, 0.5) is 0 Å². The van der Waals surface area contributed by atoms with Crippen LogP contribution in [0.15, 0.2) is 12.4 Å². The molecule has 1 aromatic heterocycles. The van der Waals surface area contributed by atoms with Gasteiger partial charge in [0.25, 0.3) is 0 Å². The van der Waals surface area contributed by atoms with Crippen LogP contribution in [0.1, 0.15) is 39.9 Å². The van der Waals surface area contributed by atoms with Gasteiger partial charge in [0.05, 0.1) is 6.54 Å². The molecule has 0 aliphatic carbocycles. The van der Waals surface area contributed by atoms with Gasteiger partial charge in [-0.25, -0.2) is 4.98 Å². The van der Waals surface area contributed by atoms with Crippen LogP contribution in [0.3, 0.4) is 0 Å². The molecule has 0 aliphatic rings. The Morgan fingerprint density at radius 3 is 2.60 bits per heavy atom. The molecule has 88 valence electrons. The van der Waals surface area contributed by atoms with Crippen LogP contribution in [0.2, 0.25) is 0 Å². The molecular weight excluding hydrogens is 186 g/mol. The number of nitrogens with zero attached hydrogens (tertiary/aromatic N) is 2. The number of hydrogen-bond donors (Lipinski definition) is 1. The lowest BCUT2D eigenvalue weighted by Gasteiger charge is -2.18. The average Bonchev–Trinajstić information content (AvgIpc) is 2.73. The molecule has 3 heteroatoms. The number of aromatic nitrogens is 2. The second-order valence-electron chi connectivity index (χ2n) is 3.75. The van der Waals surface area contributed by atoms with Gasteiger partial charge in [0.2, 0.25) is 0 Å². The van der Waals surface area contributed by atoms with E-state index in [9.17, 15) is 0 Å². The van der Waals surface area contributed by atoms with Crippen LogP contribution in [0.5, 0.6) is 0 Å². The molecule has 0 aliphatic heterocycles. The van der Waals surface area contributed by atoms with Gasteiger partial charge in [0.15, 0.2) is 0 Å². The molecule has 0 radical (unpaired) electrons. The first-order valence-corrected chi connectivity index (χ1v) is 5.89. The van der Waals surface area contributed by atoms with Gasteiger partial charge >= 0.3 is 0 Å². The van der Waals surface area contributed by atoms with Crippen LogP contribution in [0, 0.1) is 5.92 Å². The first kappa shape index (κ1) is 14.2. The van der Waals surface area contributed by atoms with Crippen LogP contribution in [0.25, 0.3) is 0 Å². The Labute approximate surface area is 93.9 Å². The summed E-state index contributed by atoms with van der Waals surface area (Å²) in [6, 6.07) is 0. The topological polar surface area (TPSA) is 31.9 Å². The Balaban J connectivity index is 0.000000921. The highest BCUT2D eigenvalue weighted by atomic mass is 15.1. The van der Waals surface area contributed by atoms with Gasteiger partial charge in [-0.3, -0.25) is 4.90 Å². The van der Waals surface area contributed by atoms with E-state index in [4.69, 9.17) is 0 Å². The molecule has 1 unspecified atom stereocenters. The van der Waals surface area contributed by atoms with Gasteiger partial charge in [0, 0.05) is 18.9 Å². The molecule has 1 atom stereocenters. The molecule has 0 bridgehead atoms. The zero-order valence-electron chi connectivity index (χ0n) is 10.7. The summed E-state index contributed by atoms with van der Waals surface area (Å²) >= 11 is 0. The third kappa shape index (κ3) is 6.28. The fourth-order valence-electron chi connectivity index (χ4n) is 1.37. The van der Waals surface area contributed by atoms with Crippen molar-refractivity contribution < 1.29 is 0 Å². The highest BCUT2D eigenvalue weighted by Crippen LogP contribution is 2.04. The highest BCUT2D eigenvalue weighted by molar-refractivity contribution is 4.86. The maximum atomic E-state index is 4.19. The number of nitrogens with one attached hydrogen (secondary N) is 1. The standard InChI is InChI=1S/C10H19N3.C2H6/c1-4-9(2)7-13(3)8-10-11-5-6-12-10;1-2/h5-6,9H,4,7-8H2,1-3H3,(H,11,12);1-2H3. The summed E-state index contributed by atoms with van der Waals surface area (Å²) in [5, 5.41) is 0. The van der Waals surface area contributed by atoms with Crippen molar-refractivity contribution >= 4 is 0 Å². The molecule has 0 aromatic carbocycles. The van der Waals surface area contributed by atoms with E-state index in [0.717, 1.165) is 24.8 Å². The van der Waals surface area contributed by atoms with Crippen LogP contribution < -0.4 is 0 Å². The largest absolute Gasteiger partial charge is 0.348 e. The highest BCUT2D eigenvalue weighted by Gasteiger charge is 2.05. The number of H-pyrrole nitrogens is 1. The minimum atomic E-state index is 0.764. The van der Waals surface area contributed by atoms with Crippen molar-refractivity contribution in [1.82, 2.24) is 14.9 Å². The van der Waals surface area contributed by atoms with E-state index < -0.39 is 0 Å². The van der Waals surface area contributed by atoms with E-state index in [0.29, 0.717) is 0 Å². The molecular formula is C12H25N3. The van der Waals surface area contributed by atoms with E-state index >= 15 is 0 Å². The average molecular weight is 211 g/mol. The second kappa shape index (κ2) is 8.48. The Morgan fingerprint density at radius 2 is 2.13 bits per heavy atom. The lowest BCUT2D eigenvalue weighted by molar-refractivity contribution is 0.270. The summed E-state index contributed by atoms with van der Waals surface area (Å²) in [5.74, 6) is 1.81. The fraction of sp³-hybridized carbons (Fsp3) is 0.750. The zero-order chi connectivity index (χ0) is 11.7. The maximum absolute atomic E-state index is 4.19. The van der Waals surface area contributed by atoms with Gasteiger partial charge < -0.3 is 4.98 Å². The van der Waals surface area contributed by atoms with Crippen molar-refractivity contribution in [3.63, 3.8) is 0 Å².